The topological polar surface area (TPSA) is 58.6 Å². The summed E-state index contributed by atoms with van der Waals surface area (Å²) in [6.07, 6.45) is 2.55. The number of aryl methyl sites for hydroxylation is 1. The second kappa shape index (κ2) is 8.71. The second-order valence-corrected chi connectivity index (χ2v) is 6.96. The molecule has 0 saturated carbocycles. The van der Waals surface area contributed by atoms with E-state index in [1.54, 1.807) is 19.1 Å². The first-order valence-corrected chi connectivity index (χ1v) is 9.47. The quantitative estimate of drug-likeness (QED) is 0.869. The summed E-state index contributed by atoms with van der Waals surface area (Å²) in [5, 5.41) is 2.85. The van der Waals surface area contributed by atoms with E-state index in [2.05, 4.69) is 5.32 Å². The molecule has 1 N–H and O–H groups in total. The molecule has 1 aliphatic heterocycles. The maximum Gasteiger partial charge on any atom is 0.265 e. The Morgan fingerprint density at radius 2 is 1.78 bits per heavy atom. The van der Waals surface area contributed by atoms with Gasteiger partial charge >= 0.3 is 0 Å². The fourth-order valence-electron chi connectivity index (χ4n) is 3.23. The fraction of sp³-hybridized carbons (Fsp3) is 0.364. The number of amides is 2. The van der Waals surface area contributed by atoms with Crippen LogP contribution in [-0.2, 0) is 4.79 Å². The van der Waals surface area contributed by atoms with Crippen LogP contribution < -0.4 is 10.1 Å². The van der Waals surface area contributed by atoms with Crippen molar-refractivity contribution in [3.05, 3.63) is 59.7 Å². The van der Waals surface area contributed by atoms with Crippen molar-refractivity contribution in [1.29, 1.82) is 0 Å². The van der Waals surface area contributed by atoms with Gasteiger partial charge in [0.1, 0.15) is 5.75 Å². The highest BCUT2D eigenvalue weighted by atomic mass is 16.5. The van der Waals surface area contributed by atoms with E-state index in [0.29, 0.717) is 17.0 Å². The Morgan fingerprint density at radius 3 is 2.52 bits per heavy atom. The Bertz CT molecular complexity index is 813. The van der Waals surface area contributed by atoms with Crippen molar-refractivity contribution in [2.45, 2.75) is 39.2 Å². The minimum atomic E-state index is -0.676. The van der Waals surface area contributed by atoms with Crippen molar-refractivity contribution in [2.24, 2.45) is 0 Å². The van der Waals surface area contributed by atoms with Gasteiger partial charge in [0.05, 0.1) is 11.3 Å². The summed E-state index contributed by atoms with van der Waals surface area (Å²) in [5.41, 5.74) is 2.12. The molecule has 1 fully saturated rings. The minimum Gasteiger partial charge on any atom is -0.481 e. The number of hydrogen-bond acceptors (Lipinski definition) is 3. The number of likely N-dealkylation sites (tertiary alicyclic amines) is 1. The lowest BCUT2D eigenvalue weighted by Gasteiger charge is -2.27. The molecule has 0 aliphatic carbocycles. The molecule has 0 spiro atoms. The molecule has 0 radical (unpaired) electrons. The van der Waals surface area contributed by atoms with E-state index in [4.69, 9.17) is 4.74 Å². The van der Waals surface area contributed by atoms with Crippen LogP contribution in [0.5, 0.6) is 5.75 Å². The fourth-order valence-corrected chi connectivity index (χ4v) is 3.23. The Hall–Kier alpha value is -2.82. The largest absolute Gasteiger partial charge is 0.481 e. The molecule has 1 heterocycles. The predicted molar refractivity (Wildman–Crippen MR) is 106 cm³/mol. The van der Waals surface area contributed by atoms with Gasteiger partial charge in [0.2, 0.25) is 0 Å². The Kier molecular flexibility index (Phi) is 6.12. The third-order valence-corrected chi connectivity index (χ3v) is 4.73. The number of rotatable bonds is 5. The Labute approximate surface area is 160 Å². The van der Waals surface area contributed by atoms with Crippen LogP contribution in [0.4, 0.5) is 5.69 Å². The zero-order valence-electron chi connectivity index (χ0n) is 15.9. The Balaban J connectivity index is 1.69. The molecule has 142 valence electrons. The molecule has 1 saturated heterocycles. The van der Waals surface area contributed by atoms with Gasteiger partial charge in [-0.05, 0) is 62.9 Å². The first kappa shape index (κ1) is 19.0. The number of piperidine rings is 1. The van der Waals surface area contributed by atoms with E-state index in [0.717, 1.165) is 37.9 Å². The predicted octanol–water partition coefficient (Wildman–Crippen LogP) is 4.03. The highest BCUT2D eigenvalue weighted by molar-refractivity contribution is 6.04. The number of ether oxygens (including phenoxy) is 1. The minimum absolute atomic E-state index is 0.0298. The molecule has 1 aliphatic rings. The van der Waals surface area contributed by atoms with Crippen LogP contribution in [0.25, 0.3) is 0 Å². The van der Waals surface area contributed by atoms with Gasteiger partial charge in [-0.3, -0.25) is 9.59 Å². The number of carbonyl (C=O) groups excluding carboxylic acids is 2. The van der Waals surface area contributed by atoms with Crippen molar-refractivity contribution < 1.29 is 14.3 Å². The van der Waals surface area contributed by atoms with E-state index in [1.165, 1.54) is 0 Å². The molecular weight excluding hydrogens is 340 g/mol. The van der Waals surface area contributed by atoms with Gasteiger partial charge in [0, 0.05) is 13.1 Å². The standard InChI is InChI=1S/C22H26N2O3/c1-16-9-8-10-18(15-16)27-17(2)21(25)23-20-12-5-4-11-19(20)22(26)24-13-6-3-7-14-24/h4-5,8-12,15,17H,3,6-7,13-14H2,1-2H3,(H,23,25)/t17-/m1/s1. The van der Waals surface area contributed by atoms with E-state index in [1.807, 2.05) is 48.2 Å². The lowest BCUT2D eigenvalue weighted by Crippen LogP contribution is -2.36. The van der Waals surface area contributed by atoms with Gasteiger partial charge < -0.3 is 15.0 Å². The lowest BCUT2D eigenvalue weighted by molar-refractivity contribution is -0.122. The molecule has 2 aromatic carbocycles. The summed E-state index contributed by atoms with van der Waals surface area (Å²) in [7, 11) is 0. The maximum absolute atomic E-state index is 12.8. The molecule has 5 nitrogen and oxygen atoms in total. The van der Waals surface area contributed by atoms with Gasteiger partial charge in [-0.15, -0.1) is 0 Å². The maximum atomic E-state index is 12.8. The normalized spacial score (nSPS) is 15.1. The number of nitrogens with one attached hydrogen (secondary N) is 1. The van der Waals surface area contributed by atoms with E-state index in [9.17, 15) is 9.59 Å². The molecule has 5 heteroatoms. The number of hydrogen-bond donors (Lipinski definition) is 1. The van der Waals surface area contributed by atoms with Crippen molar-refractivity contribution in [1.82, 2.24) is 4.90 Å². The van der Waals surface area contributed by atoms with E-state index < -0.39 is 6.10 Å². The van der Waals surface area contributed by atoms with E-state index >= 15 is 0 Å². The second-order valence-electron chi connectivity index (χ2n) is 6.96. The number of benzene rings is 2. The number of nitrogens with zero attached hydrogens (tertiary/aromatic N) is 1. The zero-order valence-corrected chi connectivity index (χ0v) is 15.9. The lowest BCUT2D eigenvalue weighted by atomic mass is 10.1. The number of anilines is 1. The third kappa shape index (κ3) is 4.88. The highest BCUT2D eigenvalue weighted by Crippen LogP contribution is 2.21. The Morgan fingerprint density at radius 1 is 1.04 bits per heavy atom. The average molecular weight is 366 g/mol. The first-order chi connectivity index (χ1) is 13.0. The van der Waals surface area contributed by atoms with Crippen LogP contribution in [-0.4, -0.2) is 35.9 Å². The van der Waals surface area contributed by atoms with Crippen molar-refractivity contribution in [3.8, 4) is 5.75 Å². The average Bonchev–Trinajstić information content (AvgIpc) is 2.68. The first-order valence-electron chi connectivity index (χ1n) is 9.47. The SMILES string of the molecule is Cc1cccc(O[C@H](C)C(=O)Nc2ccccc2C(=O)N2CCCCC2)c1. The number of carbonyl (C=O) groups is 2. The molecule has 2 amide bonds. The molecule has 2 aromatic rings. The summed E-state index contributed by atoms with van der Waals surface area (Å²) < 4.78 is 5.74. The van der Waals surface area contributed by atoms with Crippen LogP contribution in [0.1, 0.15) is 42.1 Å². The van der Waals surface area contributed by atoms with Gasteiger partial charge in [0.15, 0.2) is 6.10 Å². The van der Waals surface area contributed by atoms with Gasteiger partial charge in [-0.2, -0.15) is 0 Å². The van der Waals surface area contributed by atoms with Gasteiger partial charge in [-0.1, -0.05) is 24.3 Å². The molecular formula is C22H26N2O3. The van der Waals surface area contributed by atoms with E-state index in [-0.39, 0.29) is 11.8 Å². The zero-order chi connectivity index (χ0) is 19.2. The summed E-state index contributed by atoms with van der Waals surface area (Å²) >= 11 is 0. The van der Waals surface area contributed by atoms with Crippen LogP contribution in [0.15, 0.2) is 48.5 Å². The molecule has 1 atom stereocenters. The van der Waals surface area contributed by atoms with Gasteiger partial charge in [0.25, 0.3) is 11.8 Å². The van der Waals surface area contributed by atoms with Crippen LogP contribution in [0.3, 0.4) is 0 Å². The highest BCUT2D eigenvalue weighted by Gasteiger charge is 2.22. The molecule has 3 rings (SSSR count). The summed E-state index contributed by atoms with van der Waals surface area (Å²) in [6.45, 7) is 5.22. The summed E-state index contributed by atoms with van der Waals surface area (Å²) in [4.78, 5) is 27.3. The third-order valence-electron chi connectivity index (χ3n) is 4.73. The molecule has 0 unspecified atom stereocenters. The molecule has 27 heavy (non-hydrogen) atoms. The smallest absolute Gasteiger partial charge is 0.265 e. The summed E-state index contributed by atoms with van der Waals surface area (Å²) in [6, 6.07) is 14.7. The van der Waals surface area contributed by atoms with Crippen molar-refractivity contribution in [3.63, 3.8) is 0 Å². The van der Waals surface area contributed by atoms with Crippen LogP contribution in [0.2, 0.25) is 0 Å². The van der Waals surface area contributed by atoms with Gasteiger partial charge in [-0.25, -0.2) is 0 Å². The summed E-state index contributed by atoms with van der Waals surface area (Å²) in [5.74, 6) is 0.337. The van der Waals surface area contributed by atoms with Crippen LogP contribution in [0, 0.1) is 6.92 Å². The van der Waals surface area contributed by atoms with Crippen molar-refractivity contribution in [2.75, 3.05) is 18.4 Å². The number of para-hydroxylation sites is 1. The monoisotopic (exact) mass is 366 g/mol. The molecule has 0 aromatic heterocycles. The van der Waals surface area contributed by atoms with Crippen LogP contribution >= 0.6 is 0 Å². The molecule has 0 bridgehead atoms. The van der Waals surface area contributed by atoms with Crippen molar-refractivity contribution >= 4 is 17.5 Å².